The molecule has 4 heteroatoms. The van der Waals surface area contributed by atoms with Gasteiger partial charge in [0.1, 0.15) is 5.22 Å². The van der Waals surface area contributed by atoms with E-state index in [1.54, 1.807) is 0 Å². The summed E-state index contributed by atoms with van der Waals surface area (Å²) in [5, 5.41) is -0.166. The lowest BCUT2D eigenvalue weighted by molar-refractivity contribution is -0.0800. The van der Waals surface area contributed by atoms with Crippen molar-refractivity contribution in [1.82, 2.24) is 0 Å². The van der Waals surface area contributed by atoms with Crippen molar-refractivity contribution in [3.63, 3.8) is 0 Å². The molecule has 0 aromatic heterocycles. The van der Waals surface area contributed by atoms with Gasteiger partial charge in [-0.2, -0.15) is 0 Å². The van der Waals surface area contributed by atoms with Gasteiger partial charge in [-0.25, -0.2) is 0 Å². The molecule has 22 heavy (non-hydrogen) atoms. The summed E-state index contributed by atoms with van der Waals surface area (Å²) >= 11 is 0. The minimum Gasteiger partial charge on any atom is -0.393 e. The first kappa shape index (κ1) is 20.1. The van der Waals surface area contributed by atoms with Crippen LogP contribution in [-0.4, -0.2) is 33.6 Å². The molecule has 1 aliphatic heterocycles. The van der Waals surface area contributed by atoms with E-state index in [1.165, 1.54) is 25.7 Å². The van der Waals surface area contributed by atoms with Gasteiger partial charge in [0, 0.05) is 19.8 Å². The molecule has 0 aromatic rings. The second-order valence-corrected chi connectivity index (χ2v) is 10.3. The van der Waals surface area contributed by atoms with E-state index in [-0.39, 0.29) is 5.22 Å². The third-order valence-corrected chi connectivity index (χ3v) is 9.85. The first-order valence-corrected chi connectivity index (χ1v) is 11.5. The van der Waals surface area contributed by atoms with Crippen LogP contribution in [0, 0.1) is 11.8 Å². The van der Waals surface area contributed by atoms with Crippen molar-refractivity contribution < 1.29 is 13.6 Å². The van der Waals surface area contributed by atoms with E-state index in [0.29, 0.717) is 5.92 Å². The van der Waals surface area contributed by atoms with Gasteiger partial charge in [0.05, 0.1) is 0 Å². The summed E-state index contributed by atoms with van der Waals surface area (Å²) in [5.41, 5.74) is 0. The lowest BCUT2D eigenvalue weighted by Crippen LogP contribution is -2.69. The lowest BCUT2D eigenvalue weighted by atomic mass is 9.87. The van der Waals surface area contributed by atoms with Crippen LogP contribution in [0.15, 0.2) is 0 Å². The molecule has 2 unspecified atom stereocenters. The predicted octanol–water partition coefficient (Wildman–Crippen LogP) is 5.07. The second kappa shape index (κ2) is 9.41. The smallest absolute Gasteiger partial charge is 0.371 e. The average molecular weight is 331 g/mol. The van der Waals surface area contributed by atoms with Gasteiger partial charge >= 0.3 is 8.56 Å². The van der Waals surface area contributed by atoms with E-state index < -0.39 is 8.56 Å². The largest absolute Gasteiger partial charge is 0.393 e. The van der Waals surface area contributed by atoms with Crippen molar-refractivity contribution in [2.24, 2.45) is 11.8 Å². The van der Waals surface area contributed by atoms with Crippen molar-refractivity contribution in [2.75, 3.05) is 19.8 Å². The van der Waals surface area contributed by atoms with Crippen LogP contribution in [0.4, 0.5) is 0 Å². The molecule has 0 amide bonds. The van der Waals surface area contributed by atoms with Gasteiger partial charge in [-0.05, 0) is 57.9 Å². The molecular formula is C18H38O3Si. The van der Waals surface area contributed by atoms with E-state index in [1.807, 2.05) is 0 Å². The Balaban J connectivity index is 3.15. The van der Waals surface area contributed by atoms with E-state index in [2.05, 4.69) is 41.5 Å². The highest BCUT2D eigenvalue weighted by molar-refractivity contribution is 6.71. The van der Waals surface area contributed by atoms with Crippen LogP contribution in [0.25, 0.3) is 0 Å². The molecule has 0 radical (unpaired) electrons. The van der Waals surface area contributed by atoms with Crippen LogP contribution in [0.1, 0.15) is 73.6 Å². The van der Waals surface area contributed by atoms with Gasteiger partial charge in [-0.15, -0.1) is 0 Å². The van der Waals surface area contributed by atoms with Gasteiger partial charge < -0.3 is 13.6 Å². The van der Waals surface area contributed by atoms with Crippen LogP contribution in [0.3, 0.4) is 0 Å². The number of ether oxygens (including phenoxy) is 1. The van der Waals surface area contributed by atoms with Crippen LogP contribution < -0.4 is 0 Å². The fourth-order valence-electron chi connectivity index (χ4n) is 4.29. The summed E-state index contributed by atoms with van der Waals surface area (Å²) in [6, 6.07) is 1.08. The van der Waals surface area contributed by atoms with E-state index in [4.69, 9.17) is 13.6 Å². The maximum absolute atomic E-state index is 6.50. The fraction of sp³-hybridized carbons (Fsp3) is 1.00. The van der Waals surface area contributed by atoms with Gasteiger partial charge in [0.2, 0.25) is 0 Å². The summed E-state index contributed by atoms with van der Waals surface area (Å²) in [4.78, 5) is 0. The summed E-state index contributed by atoms with van der Waals surface area (Å²) in [7, 11) is -2.34. The van der Waals surface area contributed by atoms with Gasteiger partial charge in [-0.3, -0.25) is 0 Å². The molecule has 3 nitrogen and oxygen atoms in total. The summed E-state index contributed by atoms with van der Waals surface area (Å²) < 4.78 is 19.3. The Kier molecular flexibility index (Phi) is 8.61. The molecule has 132 valence electrons. The van der Waals surface area contributed by atoms with Crippen molar-refractivity contribution >= 4 is 8.56 Å². The molecule has 0 bridgehead atoms. The third-order valence-electron chi connectivity index (χ3n) is 5.14. The molecule has 0 aliphatic carbocycles. The first-order valence-electron chi connectivity index (χ1n) is 9.43. The Labute approximate surface area is 139 Å². The Morgan fingerprint density at radius 2 is 1.68 bits per heavy atom. The van der Waals surface area contributed by atoms with Crippen LogP contribution in [-0.2, 0) is 13.6 Å². The standard InChI is InChI=1S/C18H38O3Si/c1-7-18(19-8-2)17(14-13-16(5)6)12-11-15-22(18,20-9-3)21-10-4/h16-17H,7-15H2,1-6H3. The molecule has 2 atom stereocenters. The summed E-state index contributed by atoms with van der Waals surface area (Å²) in [6.07, 6.45) is 6.00. The highest BCUT2D eigenvalue weighted by Gasteiger charge is 2.63. The molecule has 0 N–H and O–H groups in total. The zero-order valence-electron chi connectivity index (χ0n) is 15.7. The zero-order chi connectivity index (χ0) is 16.6. The van der Waals surface area contributed by atoms with E-state index >= 15 is 0 Å². The van der Waals surface area contributed by atoms with Crippen molar-refractivity contribution in [3.05, 3.63) is 0 Å². The highest BCUT2D eigenvalue weighted by Crippen LogP contribution is 2.48. The molecule has 0 saturated carbocycles. The Hall–Kier alpha value is 0.0969. The van der Waals surface area contributed by atoms with Crippen LogP contribution in [0.5, 0.6) is 0 Å². The number of hydrogen-bond acceptors (Lipinski definition) is 3. The van der Waals surface area contributed by atoms with Crippen molar-refractivity contribution in [1.29, 1.82) is 0 Å². The Morgan fingerprint density at radius 3 is 2.14 bits per heavy atom. The fourth-order valence-corrected chi connectivity index (χ4v) is 8.99. The molecule has 1 heterocycles. The number of rotatable bonds is 10. The topological polar surface area (TPSA) is 27.7 Å². The van der Waals surface area contributed by atoms with Crippen molar-refractivity contribution in [2.45, 2.75) is 84.9 Å². The summed E-state index contributed by atoms with van der Waals surface area (Å²) in [6.45, 7) is 15.4. The molecular weight excluding hydrogens is 292 g/mol. The Bertz CT molecular complexity index is 297. The van der Waals surface area contributed by atoms with Gasteiger partial charge in [-0.1, -0.05) is 33.6 Å². The lowest BCUT2D eigenvalue weighted by Gasteiger charge is -2.53. The minimum atomic E-state index is -2.34. The molecule has 1 rings (SSSR count). The summed E-state index contributed by atoms with van der Waals surface area (Å²) in [5.74, 6) is 1.33. The SMILES string of the molecule is CCOC1(CC)C(CCC(C)C)CCC[Si]1(OCC)OCC. The zero-order valence-corrected chi connectivity index (χ0v) is 16.7. The average Bonchev–Trinajstić information content (AvgIpc) is 2.48. The highest BCUT2D eigenvalue weighted by atomic mass is 28.4. The van der Waals surface area contributed by atoms with Crippen LogP contribution >= 0.6 is 0 Å². The maximum atomic E-state index is 6.50. The molecule has 0 spiro atoms. The normalized spacial score (nSPS) is 28.2. The third kappa shape index (κ3) is 4.14. The van der Waals surface area contributed by atoms with E-state index in [9.17, 15) is 0 Å². The van der Waals surface area contributed by atoms with Gasteiger partial charge in [0.15, 0.2) is 0 Å². The minimum absolute atomic E-state index is 0.166. The maximum Gasteiger partial charge on any atom is 0.371 e. The van der Waals surface area contributed by atoms with Gasteiger partial charge in [0.25, 0.3) is 0 Å². The Morgan fingerprint density at radius 1 is 1.05 bits per heavy atom. The quantitative estimate of drug-likeness (QED) is 0.523. The predicted molar refractivity (Wildman–Crippen MR) is 95.3 cm³/mol. The second-order valence-electron chi connectivity index (χ2n) is 6.86. The molecule has 1 saturated heterocycles. The first-order chi connectivity index (χ1) is 10.5. The molecule has 1 aliphatic rings. The molecule has 1 fully saturated rings. The monoisotopic (exact) mass is 330 g/mol. The van der Waals surface area contributed by atoms with Crippen LogP contribution in [0.2, 0.25) is 6.04 Å². The van der Waals surface area contributed by atoms with E-state index in [0.717, 1.165) is 38.2 Å². The number of hydrogen-bond donors (Lipinski definition) is 0. The van der Waals surface area contributed by atoms with Crippen molar-refractivity contribution in [3.8, 4) is 0 Å². The molecule has 0 aromatic carbocycles.